The van der Waals surface area contributed by atoms with E-state index in [1.807, 2.05) is 12.1 Å². The van der Waals surface area contributed by atoms with E-state index in [1.54, 1.807) is 25.1 Å². The van der Waals surface area contributed by atoms with Crippen molar-refractivity contribution < 1.29 is 18.3 Å². The molecule has 1 fully saturated rings. The topological polar surface area (TPSA) is 77.9 Å². The molecule has 2 aromatic carbocycles. The van der Waals surface area contributed by atoms with E-state index in [0.29, 0.717) is 41.8 Å². The highest BCUT2D eigenvalue weighted by atomic mass is 35.5. The van der Waals surface area contributed by atoms with Gasteiger partial charge in [-0.1, -0.05) is 35.3 Å². The van der Waals surface area contributed by atoms with Crippen molar-refractivity contribution in [1.82, 2.24) is 9.21 Å². The molecule has 0 aromatic heterocycles. The van der Waals surface area contributed by atoms with Crippen molar-refractivity contribution in [3.05, 3.63) is 63.1 Å². The van der Waals surface area contributed by atoms with E-state index < -0.39 is 16.0 Å². The van der Waals surface area contributed by atoms with E-state index in [9.17, 15) is 13.2 Å². The largest absolute Gasteiger partial charge is 0.481 e. The molecule has 6 nitrogen and oxygen atoms in total. The van der Waals surface area contributed by atoms with Crippen molar-refractivity contribution >= 4 is 39.2 Å². The van der Waals surface area contributed by atoms with Gasteiger partial charge in [0.05, 0.1) is 21.4 Å². The fourth-order valence-electron chi connectivity index (χ4n) is 3.49. The van der Waals surface area contributed by atoms with Gasteiger partial charge in [0, 0.05) is 32.7 Å². The molecule has 1 saturated heterocycles. The lowest BCUT2D eigenvalue weighted by Gasteiger charge is -2.34. The number of carboxylic acids is 1. The minimum Gasteiger partial charge on any atom is -0.481 e. The van der Waals surface area contributed by atoms with Gasteiger partial charge in [-0.25, -0.2) is 8.42 Å². The molecule has 162 valence electrons. The smallest absolute Gasteiger partial charge is 0.307 e. The van der Waals surface area contributed by atoms with E-state index in [1.165, 1.54) is 10.4 Å². The summed E-state index contributed by atoms with van der Waals surface area (Å²) in [5.41, 5.74) is 2.37. The van der Waals surface area contributed by atoms with Crippen LogP contribution in [0.2, 0.25) is 10.0 Å². The number of aryl methyl sites for hydroxylation is 1. The first-order chi connectivity index (χ1) is 14.2. The lowest BCUT2D eigenvalue weighted by Crippen LogP contribution is -2.49. The third-order valence-electron chi connectivity index (χ3n) is 5.33. The molecule has 0 aliphatic carbocycles. The SMILES string of the molecule is Cc1ccc(S(=O)(=O)N2CCN(CCc3ccc(Cl)c(Cl)c3)CC2)cc1CC(=O)O. The molecule has 3 rings (SSSR count). The number of nitrogens with zero attached hydrogens (tertiary/aromatic N) is 2. The van der Waals surface area contributed by atoms with Crippen molar-refractivity contribution in [2.45, 2.75) is 24.7 Å². The number of hydrogen-bond acceptors (Lipinski definition) is 4. The Bertz CT molecular complexity index is 1040. The molecule has 1 heterocycles. The standard InChI is InChI=1S/C21H24Cl2N2O4S/c1-15-2-4-18(13-17(15)14-21(26)27)30(28,29)25-10-8-24(9-11-25)7-6-16-3-5-19(22)20(23)12-16/h2-5,12-13H,6-11,14H2,1H3,(H,26,27). The van der Waals surface area contributed by atoms with Crippen LogP contribution in [0.5, 0.6) is 0 Å². The molecule has 2 aromatic rings. The van der Waals surface area contributed by atoms with Gasteiger partial charge in [-0.3, -0.25) is 4.79 Å². The predicted octanol–water partition coefficient (Wildman–Crippen LogP) is 3.48. The normalized spacial score (nSPS) is 16.0. The Morgan fingerprint density at radius 2 is 1.73 bits per heavy atom. The Kier molecular flexibility index (Phi) is 7.42. The third kappa shape index (κ3) is 5.53. The average Bonchev–Trinajstić information content (AvgIpc) is 2.70. The summed E-state index contributed by atoms with van der Waals surface area (Å²) in [6, 6.07) is 10.3. The van der Waals surface area contributed by atoms with Crippen LogP contribution in [-0.4, -0.2) is 61.4 Å². The molecule has 0 saturated carbocycles. The highest BCUT2D eigenvalue weighted by Gasteiger charge is 2.28. The summed E-state index contributed by atoms with van der Waals surface area (Å²) in [7, 11) is -3.66. The summed E-state index contributed by atoms with van der Waals surface area (Å²) in [5.74, 6) is -0.983. The van der Waals surface area contributed by atoms with E-state index in [2.05, 4.69) is 4.90 Å². The van der Waals surface area contributed by atoms with Crippen molar-refractivity contribution in [1.29, 1.82) is 0 Å². The average molecular weight is 471 g/mol. The van der Waals surface area contributed by atoms with Crippen LogP contribution < -0.4 is 0 Å². The number of benzene rings is 2. The Morgan fingerprint density at radius 3 is 2.37 bits per heavy atom. The monoisotopic (exact) mass is 470 g/mol. The molecule has 0 unspecified atom stereocenters. The second-order valence-corrected chi connectivity index (χ2v) is 10.2. The van der Waals surface area contributed by atoms with E-state index in [0.717, 1.165) is 24.1 Å². The zero-order chi connectivity index (χ0) is 21.9. The van der Waals surface area contributed by atoms with Crippen molar-refractivity contribution in [3.8, 4) is 0 Å². The lowest BCUT2D eigenvalue weighted by atomic mass is 10.1. The Morgan fingerprint density at radius 1 is 1.03 bits per heavy atom. The van der Waals surface area contributed by atoms with Crippen LogP contribution in [0, 0.1) is 6.92 Å². The van der Waals surface area contributed by atoms with E-state index in [-0.39, 0.29) is 11.3 Å². The van der Waals surface area contributed by atoms with Crippen LogP contribution in [-0.2, 0) is 27.7 Å². The number of piperazine rings is 1. The molecule has 1 aliphatic heterocycles. The number of sulfonamides is 1. The Labute approximate surface area is 187 Å². The summed E-state index contributed by atoms with van der Waals surface area (Å²) in [5, 5.41) is 10.1. The molecule has 0 spiro atoms. The number of rotatable bonds is 7. The van der Waals surface area contributed by atoms with Crippen molar-refractivity contribution in [2.75, 3.05) is 32.7 Å². The number of hydrogen-bond donors (Lipinski definition) is 1. The molecule has 1 N–H and O–H groups in total. The van der Waals surface area contributed by atoms with Crippen molar-refractivity contribution in [2.24, 2.45) is 0 Å². The fraction of sp³-hybridized carbons (Fsp3) is 0.381. The summed E-state index contributed by atoms with van der Waals surface area (Å²) in [6.45, 7) is 4.64. The van der Waals surface area contributed by atoms with E-state index in [4.69, 9.17) is 28.3 Å². The van der Waals surface area contributed by atoms with E-state index >= 15 is 0 Å². The molecule has 9 heteroatoms. The maximum atomic E-state index is 13.0. The van der Waals surface area contributed by atoms with Gasteiger partial charge in [-0.05, 0) is 54.3 Å². The zero-order valence-corrected chi connectivity index (χ0v) is 19.0. The van der Waals surface area contributed by atoms with Crippen LogP contribution in [0.25, 0.3) is 0 Å². The van der Waals surface area contributed by atoms with Gasteiger partial charge < -0.3 is 10.0 Å². The molecule has 0 bridgehead atoms. The quantitative estimate of drug-likeness (QED) is 0.669. The number of carbonyl (C=O) groups is 1. The van der Waals surface area contributed by atoms with Gasteiger partial charge >= 0.3 is 5.97 Å². The van der Waals surface area contributed by atoms with Gasteiger partial charge in [0.2, 0.25) is 10.0 Å². The molecule has 30 heavy (non-hydrogen) atoms. The molecular weight excluding hydrogens is 447 g/mol. The van der Waals surface area contributed by atoms with Crippen LogP contribution in [0.1, 0.15) is 16.7 Å². The van der Waals surface area contributed by atoms with Crippen LogP contribution in [0.4, 0.5) is 0 Å². The molecule has 1 aliphatic rings. The van der Waals surface area contributed by atoms with Gasteiger partial charge in [-0.15, -0.1) is 0 Å². The maximum absolute atomic E-state index is 13.0. The third-order valence-corrected chi connectivity index (χ3v) is 7.97. The Hall–Kier alpha value is -1.64. The minimum absolute atomic E-state index is 0.147. The second-order valence-electron chi connectivity index (χ2n) is 7.40. The molecule has 0 atom stereocenters. The van der Waals surface area contributed by atoms with Crippen LogP contribution in [0.3, 0.4) is 0 Å². The first kappa shape index (κ1) is 23.0. The summed E-state index contributed by atoms with van der Waals surface area (Å²) in [4.78, 5) is 13.4. The maximum Gasteiger partial charge on any atom is 0.307 e. The Balaban J connectivity index is 1.61. The molecule has 0 radical (unpaired) electrons. The second kappa shape index (κ2) is 9.66. The number of halogens is 2. The summed E-state index contributed by atoms with van der Waals surface area (Å²) >= 11 is 12.0. The summed E-state index contributed by atoms with van der Waals surface area (Å²) < 4.78 is 27.5. The number of aliphatic carboxylic acids is 1. The van der Waals surface area contributed by atoms with Gasteiger partial charge in [0.15, 0.2) is 0 Å². The van der Waals surface area contributed by atoms with Gasteiger partial charge in [0.25, 0.3) is 0 Å². The van der Waals surface area contributed by atoms with Gasteiger partial charge in [-0.2, -0.15) is 4.31 Å². The first-order valence-corrected chi connectivity index (χ1v) is 11.8. The zero-order valence-electron chi connectivity index (χ0n) is 16.6. The highest BCUT2D eigenvalue weighted by molar-refractivity contribution is 7.89. The number of carboxylic acid groups (broad SMARTS) is 1. The summed E-state index contributed by atoms with van der Waals surface area (Å²) in [6.07, 6.45) is 0.609. The van der Waals surface area contributed by atoms with Crippen molar-refractivity contribution in [3.63, 3.8) is 0 Å². The van der Waals surface area contributed by atoms with Crippen LogP contribution >= 0.6 is 23.2 Å². The highest BCUT2D eigenvalue weighted by Crippen LogP contribution is 2.24. The minimum atomic E-state index is -3.66. The molecule has 0 amide bonds. The van der Waals surface area contributed by atoms with Crippen LogP contribution in [0.15, 0.2) is 41.3 Å². The lowest BCUT2D eigenvalue weighted by molar-refractivity contribution is -0.136. The predicted molar refractivity (Wildman–Crippen MR) is 118 cm³/mol. The van der Waals surface area contributed by atoms with Gasteiger partial charge in [0.1, 0.15) is 0 Å². The molecular formula is C21H24Cl2N2O4S. The first-order valence-electron chi connectivity index (χ1n) is 9.64. The fourth-order valence-corrected chi connectivity index (χ4v) is 5.28.